The smallest absolute Gasteiger partial charge is 0.254 e. The van der Waals surface area contributed by atoms with Crippen LogP contribution in [0, 0.1) is 0 Å². The van der Waals surface area contributed by atoms with Gasteiger partial charge in [0, 0.05) is 19.6 Å². The average molecular weight is 415 g/mol. The van der Waals surface area contributed by atoms with Crippen LogP contribution in [0.5, 0.6) is 0 Å². The number of hydrogen-bond donors (Lipinski definition) is 1. The molecule has 0 aliphatic rings. The molecule has 0 heterocycles. The summed E-state index contributed by atoms with van der Waals surface area (Å²) in [6.07, 6.45) is 0. The van der Waals surface area contributed by atoms with Crippen LogP contribution < -0.4 is 5.32 Å². The molecule has 0 aromatic heterocycles. The molecule has 2 aromatic carbocycles. The van der Waals surface area contributed by atoms with Crippen molar-refractivity contribution in [2.45, 2.75) is 25.3 Å². The van der Waals surface area contributed by atoms with Gasteiger partial charge >= 0.3 is 0 Å². The minimum absolute atomic E-state index is 0.219. The van der Waals surface area contributed by atoms with E-state index in [1.165, 1.54) is 16.4 Å². The summed E-state index contributed by atoms with van der Waals surface area (Å²) in [5, 5.41) is 3.28. The Morgan fingerprint density at radius 3 is 2.04 bits per heavy atom. The van der Waals surface area contributed by atoms with E-state index in [2.05, 4.69) is 5.32 Å². The largest absolute Gasteiger partial charge is 0.348 e. The maximum absolute atomic E-state index is 12.5. The molecule has 0 spiro atoms. The lowest BCUT2D eigenvalue weighted by Crippen LogP contribution is -2.30. The monoisotopic (exact) mass is 414 g/mol. The highest BCUT2D eigenvalue weighted by Gasteiger charge is 2.21. The molecule has 0 radical (unpaired) electrons. The number of sulfonamides is 1. The second-order valence-electron chi connectivity index (χ2n) is 5.51. The number of carbonyl (C=O) groups excluding carboxylic acids is 1. The van der Waals surface area contributed by atoms with Gasteiger partial charge in [-0.1, -0.05) is 55.2 Å². The van der Waals surface area contributed by atoms with E-state index in [4.69, 9.17) is 23.2 Å². The molecular formula is C18H20Cl2N2O3S. The molecule has 0 fully saturated rings. The Bertz CT molecular complexity index is 860. The third-order valence-electron chi connectivity index (χ3n) is 3.91. The molecule has 2 aromatic rings. The first-order valence-electron chi connectivity index (χ1n) is 8.12. The zero-order valence-electron chi connectivity index (χ0n) is 14.5. The number of nitrogens with one attached hydrogen (secondary N) is 1. The van der Waals surface area contributed by atoms with E-state index < -0.39 is 10.0 Å². The van der Waals surface area contributed by atoms with Gasteiger partial charge in [-0.25, -0.2) is 8.42 Å². The van der Waals surface area contributed by atoms with E-state index in [1.54, 1.807) is 44.2 Å². The normalized spacial score (nSPS) is 11.6. The SMILES string of the molecule is CCN(CC)S(=O)(=O)c1ccc(CNC(=O)c2c(Cl)cccc2Cl)cc1. The third kappa shape index (κ3) is 4.57. The van der Waals surface area contributed by atoms with Crippen molar-refractivity contribution in [2.75, 3.05) is 13.1 Å². The number of amides is 1. The van der Waals surface area contributed by atoms with E-state index in [-0.39, 0.29) is 33.0 Å². The van der Waals surface area contributed by atoms with Crippen LogP contribution in [0.3, 0.4) is 0 Å². The molecule has 0 saturated carbocycles. The minimum Gasteiger partial charge on any atom is -0.348 e. The summed E-state index contributed by atoms with van der Waals surface area (Å²) < 4.78 is 26.3. The van der Waals surface area contributed by atoms with E-state index in [9.17, 15) is 13.2 Å². The van der Waals surface area contributed by atoms with Gasteiger partial charge in [-0.2, -0.15) is 4.31 Å². The Morgan fingerprint density at radius 2 is 1.54 bits per heavy atom. The van der Waals surface area contributed by atoms with Gasteiger partial charge in [0.15, 0.2) is 0 Å². The molecule has 0 unspecified atom stereocenters. The van der Waals surface area contributed by atoms with Gasteiger partial charge in [0.05, 0.1) is 20.5 Å². The van der Waals surface area contributed by atoms with Crippen molar-refractivity contribution in [3.05, 3.63) is 63.6 Å². The maximum Gasteiger partial charge on any atom is 0.254 e. The predicted octanol–water partition coefficient (Wildman–Crippen LogP) is 3.95. The summed E-state index contributed by atoms with van der Waals surface area (Å²) in [6, 6.07) is 11.3. The molecule has 26 heavy (non-hydrogen) atoms. The second-order valence-corrected chi connectivity index (χ2v) is 8.26. The summed E-state index contributed by atoms with van der Waals surface area (Å²) in [7, 11) is -3.49. The van der Waals surface area contributed by atoms with Crippen LogP contribution in [-0.4, -0.2) is 31.7 Å². The highest BCUT2D eigenvalue weighted by atomic mass is 35.5. The molecule has 5 nitrogen and oxygen atoms in total. The lowest BCUT2D eigenvalue weighted by Gasteiger charge is -2.18. The number of carbonyl (C=O) groups is 1. The summed E-state index contributed by atoms with van der Waals surface area (Å²) in [4.78, 5) is 12.5. The standard InChI is InChI=1S/C18H20Cl2N2O3S/c1-3-22(4-2)26(24,25)14-10-8-13(9-11-14)12-21-18(23)17-15(19)6-5-7-16(17)20/h5-11H,3-4,12H2,1-2H3,(H,21,23). The molecule has 0 aliphatic heterocycles. The average Bonchev–Trinajstić information content (AvgIpc) is 2.61. The number of rotatable bonds is 7. The van der Waals surface area contributed by atoms with Gasteiger partial charge < -0.3 is 5.32 Å². The van der Waals surface area contributed by atoms with Crippen molar-refractivity contribution in [1.82, 2.24) is 9.62 Å². The van der Waals surface area contributed by atoms with Crippen molar-refractivity contribution in [3.8, 4) is 0 Å². The zero-order valence-corrected chi connectivity index (χ0v) is 16.8. The molecule has 0 bridgehead atoms. The number of benzene rings is 2. The van der Waals surface area contributed by atoms with Gasteiger partial charge in [-0.15, -0.1) is 0 Å². The maximum atomic E-state index is 12.5. The summed E-state index contributed by atoms with van der Waals surface area (Å²) in [5.74, 6) is -0.388. The Morgan fingerprint density at radius 1 is 1.00 bits per heavy atom. The topological polar surface area (TPSA) is 66.5 Å². The lowest BCUT2D eigenvalue weighted by molar-refractivity contribution is 0.0951. The van der Waals surface area contributed by atoms with Crippen LogP contribution in [-0.2, 0) is 16.6 Å². The fraction of sp³-hybridized carbons (Fsp3) is 0.278. The molecule has 1 N–H and O–H groups in total. The van der Waals surface area contributed by atoms with Gasteiger partial charge in [-0.3, -0.25) is 4.79 Å². The molecule has 2 rings (SSSR count). The van der Waals surface area contributed by atoms with E-state index in [0.717, 1.165) is 5.56 Å². The lowest BCUT2D eigenvalue weighted by atomic mass is 10.2. The van der Waals surface area contributed by atoms with Gasteiger partial charge in [-0.05, 0) is 29.8 Å². The van der Waals surface area contributed by atoms with Crippen LogP contribution >= 0.6 is 23.2 Å². The molecule has 140 valence electrons. The first-order valence-corrected chi connectivity index (χ1v) is 10.3. The van der Waals surface area contributed by atoms with Crippen LogP contribution in [0.1, 0.15) is 29.8 Å². The molecule has 0 atom stereocenters. The highest BCUT2D eigenvalue weighted by molar-refractivity contribution is 7.89. The Balaban J connectivity index is 2.09. The fourth-order valence-corrected chi connectivity index (χ4v) is 4.50. The van der Waals surface area contributed by atoms with Gasteiger partial charge in [0.1, 0.15) is 0 Å². The first-order chi connectivity index (χ1) is 12.3. The summed E-state index contributed by atoms with van der Waals surface area (Å²) in [5.41, 5.74) is 0.983. The van der Waals surface area contributed by atoms with Crippen LogP contribution in [0.15, 0.2) is 47.4 Å². The van der Waals surface area contributed by atoms with Crippen LogP contribution in [0.25, 0.3) is 0 Å². The molecule has 0 aliphatic carbocycles. The Hall–Kier alpha value is -1.60. The van der Waals surface area contributed by atoms with Gasteiger partial charge in [0.2, 0.25) is 10.0 Å². The van der Waals surface area contributed by atoms with E-state index in [0.29, 0.717) is 13.1 Å². The van der Waals surface area contributed by atoms with Crippen molar-refractivity contribution in [3.63, 3.8) is 0 Å². The molecule has 1 amide bonds. The minimum atomic E-state index is -3.49. The van der Waals surface area contributed by atoms with Crippen LogP contribution in [0.4, 0.5) is 0 Å². The molecule has 8 heteroatoms. The number of halogens is 2. The predicted molar refractivity (Wildman–Crippen MR) is 104 cm³/mol. The summed E-state index contributed by atoms with van der Waals surface area (Å²) in [6.45, 7) is 4.64. The van der Waals surface area contributed by atoms with Crippen molar-refractivity contribution in [2.24, 2.45) is 0 Å². The van der Waals surface area contributed by atoms with Crippen molar-refractivity contribution < 1.29 is 13.2 Å². The molecular weight excluding hydrogens is 395 g/mol. The van der Waals surface area contributed by atoms with Crippen LogP contribution in [0.2, 0.25) is 10.0 Å². The third-order valence-corrected chi connectivity index (χ3v) is 6.60. The highest BCUT2D eigenvalue weighted by Crippen LogP contribution is 2.24. The van der Waals surface area contributed by atoms with Gasteiger partial charge in [0.25, 0.3) is 5.91 Å². The zero-order chi connectivity index (χ0) is 19.3. The first kappa shape index (κ1) is 20.7. The fourth-order valence-electron chi connectivity index (χ4n) is 2.48. The Labute approximate surface area is 164 Å². The van der Waals surface area contributed by atoms with Crippen molar-refractivity contribution >= 4 is 39.1 Å². The molecule has 0 saturated heterocycles. The number of hydrogen-bond acceptors (Lipinski definition) is 3. The van der Waals surface area contributed by atoms with E-state index >= 15 is 0 Å². The van der Waals surface area contributed by atoms with Crippen molar-refractivity contribution in [1.29, 1.82) is 0 Å². The number of nitrogens with zero attached hydrogens (tertiary/aromatic N) is 1. The summed E-state index contributed by atoms with van der Waals surface area (Å²) >= 11 is 12.0. The second kappa shape index (κ2) is 8.86. The van der Waals surface area contributed by atoms with E-state index in [1.807, 2.05) is 0 Å². The Kier molecular flexibility index (Phi) is 7.06. The quantitative estimate of drug-likeness (QED) is 0.745.